The highest BCUT2D eigenvalue weighted by Crippen LogP contribution is 2.41. The molecule has 1 aliphatic carbocycles. The number of hydrogen-bond acceptors (Lipinski definition) is 3. The first-order valence-corrected chi connectivity index (χ1v) is 9.54. The number of benzene rings is 1. The fourth-order valence-corrected chi connectivity index (χ4v) is 4.53. The second kappa shape index (κ2) is 5.97. The lowest BCUT2D eigenvalue weighted by atomic mass is 9.91. The second-order valence-corrected chi connectivity index (χ2v) is 7.53. The highest BCUT2D eigenvalue weighted by atomic mass is 16.1. The van der Waals surface area contributed by atoms with Gasteiger partial charge in [-0.1, -0.05) is 31.4 Å². The molecule has 2 aliphatic rings. The topological polar surface area (TPSA) is 75.6 Å². The van der Waals surface area contributed by atoms with E-state index >= 15 is 0 Å². The van der Waals surface area contributed by atoms with Crippen LogP contribution in [-0.2, 0) is 4.79 Å². The number of nitrogens with zero attached hydrogens (tertiary/aromatic N) is 3. The van der Waals surface area contributed by atoms with Crippen LogP contribution in [0.2, 0.25) is 0 Å². The van der Waals surface area contributed by atoms with Crippen LogP contribution in [0.25, 0.3) is 11.0 Å². The number of nitrogens with one attached hydrogen (secondary N) is 2. The van der Waals surface area contributed by atoms with Crippen molar-refractivity contribution in [3.05, 3.63) is 41.3 Å². The van der Waals surface area contributed by atoms with Gasteiger partial charge in [0.15, 0.2) is 0 Å². The molecule has 2 N–H and O–H groups in total. The zero-order valence-corrected chi connectivity index (χ0v) is 15.0. The fourth-order valence-electron chi connectivity index (χ4n) is 4.53. The van der Waals surface area contributed by atoms with Crippen molar-refractivity contribution < 1.29 is 4.79 Å². The summed E-state index contributed by atoms with van der Waals surface area (Å²) in [5.74, 6) is 1.72. The minimum Gasteiger partial charge on any atom is -0.341 e. The van der Waals surface area contributed by atoms with E-state index in [0.29, 0.717) is 12.5 Å². The summed E-state index contributed by atoms with van der Waals surface area (Å²) >= 11 is 0. The summed E-state index contributed by atoms with van der Waals surface area (Å²) in [7, 11) is 0. The molecule has 134 valence electrons. The Labute approximate surface area is 152 Å². The molecule has 0 bridgehead atoms. The Morgan fingerprint density at radius 2 is 1.96 bits per heavy atom. The monoisotopic (exact) mass is 349 g/mol. The minimum atomic E-state index is -0.0662. The molecule has 1 amide bonds. The molecule has 1 saturated carbocycles. The Bertz CT molecular complexity index is 946. The average Bonchev–Trinajstić information content (AvgIpc) is 3.23. The van der Waals surface area contributed by atoms with Crippen LogP contribution in [0, 0.1) is 6.92 Å². The molecular weight excluding hydrogens is 326 g/mol. The van der Waals surface area contributed by atoms with Gasteiger partial charge in [-0.05, 0) is 31.9 Å². The molecule has 1 atom stereocenters. The number of fused-ring (bicyclic) bond motifs is 2. The van der Waals surface area contributed by atoms with E-state index in [0.717, 1.165) is 46.8 Å². The molecule has 0 radical (unpaired) electrons. The van der Waals surface area contributed by atoms with Gasteiger partial charge < -0.3 is 10.3 Å². The number of carbonyl (C=O) groups is 1. The molecule has 6 heteroatoms. The van der Waals surface area contributed by atoms with Crippen LogP contribution in [0.4, 0.5) is 5.82 Å². The van der Waals surface area contributed by atoms with E-state index in [-0.39, 0.29) is 11.8 Å². The number of aryl methyl sites for hydroxylation is 1. The van der Waals surface area contributed by atoms with Crippen molar-refractivity contribution in [1.82, 2.24) is 19.7 Å². The van der Waals surface area contributed by atoms with Crippen molar-refractivity contribution in [2.45, 2.75) is 57.4 Å². The molecule has 3 heterocycles. The van der Waals surface area contributed by atoms with Gasteiger partial charge in [-0.25, -0.2) is 9.67 Å². The number of carbonyl (C=O) groups excluding carboxylic acids is 1. The predicted octanol–water partition coefficient (Wildman–Crippen LogP) is 4.05. The second-order valence-electron chi connectivity index (χ2n) is 7.53. The van der Waals surface area contributed by atoms with Crippen LogP contribution in [0.1, 0.15) is 67.6 Å². The van der Waals surface area contributed by atoms with Crippen LogP contribution in [-0.4, -0.2) is 25.7 Å². The number of aromatic nitrogens is 4. The van der Waals surface area contributed by atoms with Crippen LogP contribution in [0.15, 0.2) is 24.3 Å². The molecule has 0 unspecified atom stereocenters. The van der Waals surface area contributed by atoms with E-state index < -0.39 is 0 Å². The SMILES string of the molecule is Cc1nn(C2CCCCC2)c2c1[C@H](c1nc3ccccc3[nH]1)CC(=O)N2. The molecule has 6 nitrogen and oxygen atoms in total. The third-order valence-electron chi connectivity index (χ3n) is 5.79. The third kappa shape index (κ3) is 2.43. The number of anilines is 1. The first-order valence-electron chi connectivity index (χ1n) is 9.54. The standard InChI is InChI=1S/C20H23N5O/c1-12-18-14(19-21-15-9-5-6-10-16(15)22-19)11-17(26)23-20(18)25(24-12)13-7-3-2-4-8-13/h5-6,9-10,13-14H,2-4,7-8,11H2,1H3,(H,21,22)(H,23,26)/t14-/m1/s1. The molecule has 1 fully saturated rings. The Morgan fingerprint density at radius 1 is 1.15 bits per heavy atom. The highest BCUT2D eigenvalue weighted by molar-refractivity contribution is 5.94. The fraction of sp³-hybridized carbons (Fsp3) is 0.450. The van der Waals surface area contributed by atoms with Crippen molar-refractivity contribution in [2.24, 2.45) is 0 Å². The largest absolute Gasteiger partial charge is 0.341 e. The van der Waals surface area contributed by atoms with Gasteiger partial charge in [0.2, 0.25) is 5.91 Å². The summed E-state index contributed by atoms with van der Waals surface area (Å²) in [6.07, 6.45) is 6.45. The van der Waals surface area contributed by atoms with Crippen molar-refractivity contribution in [3.8, 4) is 0 Å². The Hall–Kier alpha value is -2.63. The first-order chi connectivity index (χ1) is 12.7. The van der Waals surface area contributed by atoms with Gasteiger partial charge in [0.1, 0.15) is 11.6 Å². The number of hydrogen-bond donors (Lipinski definition) is 2. The summed E-state index contributed by atoms with van der Waals surface area (Å²) in [6.45, 7) is 2.05. The van der Waals surface area contributed by atoms with Crippen LogP contribution in [0.3, 0.4) is 0 Å². The van der Waals surface area contributed by atoms with Crippen molar-refractivity contribution in [1.29, 1.82) is 0 Å². The van der Waals surface area contributed by atoms with Crippen LogP contribution < -0.4 is 5.32 Å². The van der Waals surface area contributed by atoms with E-state index in [1.54, 1.807) is 0 Å². The van der Waals surface area contributed by atoms with Gasteiger partial charge in [-0.3, -0.25) is 4.79 Å². The van der Waals surface area contributed by atoms with Gasteiger partial charge in [0.25, 0.3) is 0 Å². The van der Waals surface area contributed by atoms with Gasteiger partial charge in [0, 0.05) is 12.0 Å². The van der Waals surface area contributed by atoms with E-state index in [4.69, 9.17) is 10.1 Å². The average molecular weight is 349 g/mol. The molecule has 1 aliphatic heterocycles. The Kier molecular flexibility index (Phi) is 3.58. The number of aromatic amines is 1. The lowest BCUT2D eigenvalue weighted by molar-refractivity contribution is -0.116. The molecule has 1 aromatic carbocycles. The summed E-state index contributed by atoms with van der Waals surface area (Å²) in [5, 5.41) is 7.94. The number of imidazole rings is 1. The smallest absolute Gasteiger partial charge is 0.226 e. The van der Waals surface area contributed by atoms with Crippen LogP contribution in [0.5, 0.6) is 0 Å². The molecule has 0 saturated heterocycles. The van der Waals surface area contributed by atoms with E-state index in [1.165, 1.54) is 19.3 Å². The van der Waals surface area contributed by atoms with Gasteiger partial charge in [-0.15, -0.1) is 0 Å². The van der Waals surface area contributed by atoms with Gasteiger partial charge >= 0.3 is 0 Å². The first kappa shape index (κ1) is 15.6. The minimum absolute atomic E-state index is 0.0416. The summed E-state index contributed by atoms with van der Waals surface area (Å²) in [4.78, 5) is 20.6. The van der Waals surface area contributed by atoms with Crippen LogP contribution >= 0.6 is 0 Å². The maximum Gasteiger partial charge on any atom is 0.226 e. The maximum absolute atomic E-state index is 12.5. The summed E-state index contributed by atoms with van der Waals surface area (Å²) in [5.41, 5.74) is 4.06. The molecule has 3 aromatic rings. The van der Waals surface area contributed by atoms with Crippen molar-refractivity contribution in [2.75, 3.05) is 5.32 Å². The quantitative estimate of drug-likeness (QED) is 0.733. The third-order valence-corrected chi connectivity index (χ3v) is 5.79. The number of H-pyrrole nitrogens is 1. The molecule has 2 aromatic heterocycles. The maximum atomic E-state index is 12.5. The van der Waals surface area contributed by atoms with Gasteiger partial charge in [-0.2, -0.15) is 5.10 Å². The lowest BCUT2D eigenvalue weighted by Crippen LogP contribution is -2.27. The molecule has 5 rings (SSSR count). The normalized spacial score (nSPS) is 21.0. The van der Waals surface area contributed by atoms with E-state index in [2.05, 4.69) is 15.0 Å². The Balaban J connectivity index is 1.61. The number of para-hydroxylation sites is 2. The molecule has 0 spiro atoms. The van der Waals surface area contributed by atoms with Crippen molar-refractivity contribution >= 4 is 22.8 Å². The summed E-state index contributed by atoms with van der Waals surface area (Å²) in [6, 6.07) is 8.39. The van der Waals surface area contributed by atoms with Crippen molar-refractivity contribution in [3.63, 3.8) is 0 Å². The highest BCUT2D eigenvalue weighted by Gasteiger charge is 2.35. The zero-order valence-electron chi connectivity index (χ0n) is 15.0. The number of amides is 1. The van der Waals surface area contributed by atoms with E-state index in [9.17, 15) is 4.79 Å². The number of rotatable bonds is 2. The zero-order chi connectivity index (χ0) is 17.7. The van der Waals surface area contributed by atoms with Gasteiger partial charge in [0.05, 0.1) is 28.7 Å². The predicted molar refractivity (Wildman–Crippen MR) is 100 cm³/mol. The summed E-state index contributed by atoms with van der Waals surface area (Å²) < 4.78 is 2.08. The molecular formula is C20H23N5O. The Morgan fingerprint density at radius 3 is 2.77 bits per heavy atom. The molecule has 26 heavy (non-hydrogen) atoms. The van der Waals surface area contributed by atoms with E-state index in [1.807, 2.05) is 31.2 Å². The lowest BCUT2D eigenvalue weighted by Gasteiger charge is -2.27.